The Kier molecular flexibility index (Phi) is 5.79. The second kappa shape index (κ2) is 7.15. The van der Waals surface area contributed by atoms with Crippen LogP contribution in [0.2, 0.25) is 0 Å². The van der Waals surface area contributed by atoms with Gasteiger partial charge in [0, 0.05) is 5.69 Å². The second-order valence-electron chi connectivity index (χ2n) is 6.26. The van der Waals surface area contributed by atoms with Crippen LogP contribution in [0.4, 0.5) is 10.5 Å². The Balaban J connectivity index is 2.53. The predicted octanol–water partition coefficient (Wildman–Crippen LogP) is 2.36. The highest BCUT2D eigenvalue weighted by atomic mass is 16.6. The molecule has 6 nitrogen and oxygen atoms in total. The fourth-order valence-corrected chi connectivity index (χ4v) is 1.76. The van der Waals surface area contributed by atoms with Gasteiger partial charge >= 0.3 is 6.09 Å². The van der Waals surface area contributed by atoms with Gasteiger partial charge in [-0.3, -0.25) is 4.79 Å². The van der Waals surface area contributed by atoms with E-state index in [-0.39, 0.29) is 11.9 Å². The summed E-state index contributed by atoms with van der Waals surface area (Å²) in [5.41, 5.74) is 6.64. The number of nitrogens with one attached hydrogen (secondary N) is 2. The number of benzene rings is 1. The molecule has 2 amide bonds. The molecule has 1 rings (SSSR count). The minimum atomic E-state index is -0.689. The first kappa shape index (κ1) is 17.8. The Bertz CT molecular complexity index is 520. The molecular formula is C16H25N3O3. The van der Waals surface area contributed by atoms with Crippen molar-refractivity contribution in [2.75, 3.05) is 5.73 Å². The van der Waals surface area contributed by atoms with Crippen LogP contribution in [0, 0.1) is 0 Å². The molecule has 2 atom stereocenters. The summed E-state index contributed by atoms with van der Waals surface area (Å²) in [6.45, 7) is 8.76. The second-order valence-corrected chi connectivity index (χ2v) is 6.26. The summed E-state index contributed by atoms with van der Waals surface area (Å²) in [6, 6.07) is 6.39. The van der Waals surface area contributed by atoms with E-state index in [0.717, 1.165) is 5.56 Å². The molecule has 0 saturated carbocycles. The van der Waals surface area contributed by atoms with Crippen molar-refractivity contribution in [1.29, 1.82) is 0 Å². The van der Waals surface area contributed by atoms with Crippen LogP contribution in [-0.4, -0.2) is 23.6 Å². The molecule has 0 radical (unpaired) electrons. The monoisotopic (exact) mass is 307 g/mol. The van der Waals surface area contributed by atoms with Crippen LogP contribution in [0.5, 0.6) is 0 Å². The van der Waals surface area contributed by atoms with E-state index in [0.29, 0.717) is 5.69 Å². The van der Waals surface area contributed by atoms with E-state index in [1.54, 1.807) is 39.8 Å². The molecule has 0 aliphatic carbocycles. The first-order valence-electron chi connectivity index (χ1n) is 7.24. The predicted molar refractivity (Wildman–Crippen MR) is 86.2 cm³/mol. The lowest BCUT2D eigenvalue weighted by Gasteiger charge is -2.22. The number of rotatable bonds is 4. The fourth-order valence-electron chi connectivity index (χ4n) is 1.76. The number of nitrogens with two attached hydrogens (primary N) is 1. The Morgan fingerprint density at radius 1 is 1.09 bits per heavy atom. The van der Waals surface area contributed by atoms with Crippen molar-refractivity contribution in [2.45, 2.75) is 52.3 Å². The van der Waals surface area contributed by atoms with Gasteiger partial charge in [0.25, 0.3) is 0 Å². The van der Waals surface area contributed by atoms with Gasteiger partial charge in [0.1, 0.15) is 11.6 Å². The van der Waals surface area contributed by atoms with Crippen molar-refractivity contribution in [1.82, 2.24) is 10.6 Å². The number of hydrogen-bond acceptors (Lipinski definition) is 4. The molecule has 1 aromatic rings. The van der Waals surface area contributed by atoms with Gasteiger partial charge in [-0.2, -0.15) is 0 Å². The number of ether oxygens (including phenoxy) is 1. The number of carbonyl (C=O) groups excluding carboxylic acids is 2. The minimum Gasteiger partial charge on any atom is -0.444 e. The molecule has 0 fully saturated rings. The molecule has 22 heavy (non-hydrogen) atoms. The average molecular weight is 307 g/mol. The van der Waals surface area contributed by atoms with Gasteiger partial charge in [0.05, 0.1) is 6.04 Å². The average Bonchev–Trinajstić information content (AvgIpc) is 2.36. The molecule has 0 saturated heterocycles. The van der Waals surface area contributed by atoms with Crippen LogP contribution < -0.4 is 16.4 Å². The van der Waals surface area contributed by atoms with E-state index in [1.807, 2.05) is 19.1 Å². The summed E-state index contributed by atoms with van der Waals surface area (Å²) in [4.78, 5) is 23.7. The Labute approximate surface area is 131 Å². The fraction of sp³-hybridized carbons (Fsp3) is 0.500. The molecule has 0 spiro atoms. The lowest BCUT2D eigenvalue weighted by atomic mass is 10.1. The molecule has 4 N–H and O–H groups in total. The first-order valence-corrected chi connectivity index (χ1v) is 7.24. The largest absolute Gasteiger partial charge is 0.444 e. The third-order valence-electron chi connectivity index (χ3n) is 2.92. The number of anilines is 1. The van der Waals surface area contributed by atoms with Gasteiger partial charge < -0.3 is 21.1 Å². The first-order chi connectivity index (χ1) is 10.1. The zero-order valence-corrected chi connectivity index (χ0v) is 13.8. The Hall–Kier alpha value is -2.24. The molecule has 0 unspecified atom stereocenters. The molecule has 0 aliphatic rings. The maximum Gasteiger partial charge on any atom is 0.408 e. The van der Waals surface area contributed by atoms with Crippen molar-refractivity contribution in [3.05, 3.63) is 29.8 Å². The summed E-state index contributed by atoms with van der Waals surface area (Å²) in [5.74, 6) is -0.282. The highest BCUT2D eigenvalue weighted by Crippen LogP contribution is 2.14. The molecule has 0 aliphatic heterocycles. The summed E-state index contributed by atoms with van der Waals surface area (Å²) in [7, 11) is 0. The molecule has 0 bridgehead atoms. The van der Waals surface area contributed by atoms with Gasteiger partial charge in [-0.1, -0.05) is 12.1 Å². The van der Waals surface area contributed by atoms with E-state index in [9.17, 15) is 9.59 Å². The van der Waals surface area contributed by atoms with E-state index < -0.39 is 17.7 Å². The zero-order chi connectivity index (χ0) is 16.9. The molecule has 122 valence electrons. The summed E-state index contributed by atoms with van der Waals surface area (Å²) >= 11 is 0. The number of carbonyl (C=O) groups is 2. The van der Waals surface area contributed by atoms with Crippen molar-refractivity contribution in [2.24, 2.45) is 0 Å². The van der Waals surface area contributed by atoms with E-state index in [4.69, 9.17) is 10.5 Å². The summed E-state index contributed by atoms with van der Waals surface area (Å²) < 4.78 is 5.12. The molecular weight excluding hydrogens is 282 g/mol. The van der Waals surface area contributed by atoms with E-state index in [1.165, 1.54) is 0 Å². The lowest BCUT2D eigenvalue weighted by Crippen LogP contribution is -2.47. The molecule has 0 aromatic heterocycles. The van der Waals surface area contributed by atoms with Crippen LogP contribution in [0.25, 0.3) is 0 Å². The topological polar surface area (TPSA) is 93.4 Å². The smallest absolute Gasteiger partial charge is 0.408 e. The molecule has 0 heterocycles. The van der Waals surface area contributed by atoms with Crippen LogP contribution >= 0.6 is 0 Å². The van der Waals surface area contributed by atoms with Crippen LogP contribution in [0.1, 0.15) is 46.2 Å². The lowest BCUT2D eigenvalue weighted by molar-refractivity contribution is -0.123. The van der Waals surface area contributed by atoms with Crippen LogP contribution in [0.15, 0.2) is 24.3 Å². The van der Waals surface area contributed by atoms with Crippen LogP contribution in [-0.2, 0) is 9.53 Å². The van der Waals surface area contributed by atoms with Crippen molar-refractivity contribution in [3.8, 4) is 0 Å². The number of hydrogen-bond donors (Lipinski definition) is 3. The maximum absolute atomic E-state index is 12.1. The van der Waals surface area contributed by atoms with Gasteiger partial charge in [-0.05, 0) is 52.3 Å². The normalized spacial score (nSPS) is 13.9. The minimum absolute atomic E-state index is 0.184. The van der Waals surface area contributed by atoms with Gasteiger partial charge in [-0.15, -0.1) is 0 Å². The van der Waals surface area contributed by atoms with Crippen molar-refractivity contribution < 1.29 is 14.3 Å². The molecule has 1 aromatic carbocycles. The van der Waals surface area contributed by atoms with Gasteiger partial charge in [-0.25, -0.2) is 4.79 Å². The van der Waals surface area contributed by atoms with E-state index >= 15 is 0 Å². The third kappa shape index (κ3) is 6.03. The summed E-state index contributed by atoms with van der Waals surface area (Å²) in [5, 5.41) is 5.34. The Morgan fingerprint density at radius 3 is 2.14 bits per heavy atom. The highest BCUT2D eigenvalue weighted by Gasteiger charge is 2.22. The van der Waals surface area contributed by atoms with Gasteiger partial charge in [0.2, 0.25) is 5.91 Å². The number of amides is 2. The zero-order valence-electron chi connectivity index (χ0n) is 13.8. The highest BCUT2D eigenvalue weighted by molar-refractivity contribution is 5.85. The quantitative estimate of drug-likeness (QED) is 0.744. The third-order valence-corrected chi connectivity index (χ3v) is 2.92. The summed E-state index contributed by atoms with van der Waals surface area (Å²) in [6.07, 6.45) is -0.615. The molecule has 6 heteroatoms. The van der Waals surface area contributed by atoms with E-state index in [2.05, 4.69) is 10.6 Å². The number of nitrogen functional groups attached to an aromatic ring is 1. The Morgan fingerprint density at radius 2 is 1.64 bits per heavy atom. The van der Waals surface area contributed by atoms with Crippen LogP contribution in [0.3, 0.4) is 0 Å². The standard InChI is InChI=1S/C16H25N3O3/c1-10(12-6-8-13(17)9-7-12)18-14(20)11(2)19-15(21)22-16(3,4)5/h6-11H,17H2,1-5H3,(H,18,20)(H,19,21)/t10-,11+/m1/s1. The number of alkyl carbamates (subject to hydrolysis) is 1. The van der Waals surface area contributed by atoms with Gasteiger partial charge in [0.15, 0.2) is 0 Å². The SMILES string of the molecule is C[C@H](NC(=O)OC(C)(C)C)C(=O)N[C@H](C)c1ccc(N)cc1. The van der Waals surface area contributed by atoms with Crippen molar-refractivity contribution in [3.63, 3.8) is 0 Å². The van der Waals surface area contributed by atoms with Crippen molar-refractivity contribution >= 4 is 17.7 Å². The maximum atomic E-state index is 12.1.